The van der Waals surface area contributed by atoms with Gasteiger partial charge in [-0.2, -0.15) is 5.10 Å². The molecule has 0 saturated carbocycles. The highest BCUT2D eigenvalue weighted by atomic mass is 16.2. The molecular formula is C9H16N4O. The monoisotopic (exact) mass is 196 g/mol. The number of nitrogens with two attached hydrogens (primary N) is 1. The number of aryl methyl sites for hydroxylation is 1. The molecule has 0 spiro atoms. The van der Waals surface area contributed by atoms with Crippen molar-refractivity contribution in [2.45, 2.75) is 26.8 Å². The molecule has 1 heterocycles. The summed E-state index contributed by atoms with van der Waals surface area (Å²) in [5.41, 5.74) is 3.18. The smallest absolute Gasteiger partial charge is 0.258 e. The molecule has 14 heavy (non-hydrogen) atoms. The van der Waals surface area contributed by atoms with Gasteiger partial charge in [0.2, 0.25) is 0 Å². The predicted molar refractivity (Wildman–Crippen MR) is 53.2 cm³/mol. The number of carbonyl (C=O) groups is 1. The van der Waals surface area contributed by atoms with Gasteiger partial charge >= 0.3 is 0 Å². The van der Waals surface area contributed by atoms with Crippen molar-refractivity contribution in [2.24, 2.45) is 11.8 Å². The van der Waals surface area contributed by atoms with Gasteiger partial charge in [0.1, 0.15) is 6.04 Å². The van der Waals surface area contributed by atoms with E-state index < -0.39 is 0 Å². The summed E-state index contributed by atoms with van der Waals surface area (Å²) in [4.78, 5) is 11.5. The Hall–Kier alpha value is -1.36. The summed E-state index contributed by atoms with van der Waals surface area (Å²) in [6.45, 7) is 5.84. The van der Waals surface area contributed by atoms with E-state index in [0.717, 1.165) is 5.56 Å². The van der Waals surface area contributed by atoms with Gasteiger partial charge in [0.05, 0.1) is 6.20 Å². The van der Waals surface area contributed by atoms with E-state index in [1.807, 2.05) is 27.0 Å². The Morgan fingerprint density at radius 1 is 1.64 bits per heavy atom. The van der Waals surface area contributed by atoms with Crippen molar-refractivity contribution in [2.75, 3.05) is 0 Å². The zero-order valence-corrected chi connectivity index (χ0v) is 8.69. The SMILES string of the molecule is Cc1cnn(C(C(=O)NN)C(C)C)c1. The van der Waals surface area contributed by atoms with Crippen LogP contribution in [0.25, 0.3) is 0 Å². The maximum absolute atomic E-state index is 11.5. The van der Waals surface area contributed by atoms with E-state index in [2.05, 4.69) is 10.5 Å². The third-order valence-corrected chi connectivity index (χ3v) is 2.06. The molecule has 5 nitrogen and oxygen atoms in total. The molecule has 1 unspecified atom stereocenters. The fraction of sp³-hybridized carbons (Fsp3) is 0.556. The second-order valence-corrected chi connectivity index (χ2v) is 3.70. The summed E-state index contributed by atoms with van der Waals surface area (Å²) in [7, 11) is 0. The van der Waals surface area contributed by atoms with Crippen molar-refractivity contribution in [3.63, 3.8) is 0 Å². The summed E-state index contributed by atoms with van der Waals surface area (Å²) in [6.07, 6.45) is 3.55. The zero-order valence-electron chi connectivity index (χ0n) is 8.69. The molecule has 78 valence electrons. The second-order valence-electron chi connectivity index (χ2n) is 3.70. The number of aromatic nitrogens is 2. The Kier molecular flexibility index (Phi) is 3.24. The average molecular weight is 196 g/mol. The Morgan fingerprint density at radius 2 is 2.29 bits per heavy atom. The molecule has 0 aliphatic heterocycles. The molecule has 3 N–H and O–H groups in total. The van der Waals surface area contributed by atoms with Gasteiger partial charge in [0.15, 0.2) is 0 Å². The van der Waals surface area contributed by atoms with E-state index in [9.17, 15) is 4.79 Å². The standard InChI is InChI=1S/C9H16N4O/c1-6(2)8(9(14)12-10)13-5-7(3)4-11-13/h4-6,8H,10H2,1-3H3,(H,12,14). The summed E-state index contributed by atoms with van der Waals surface area (Å²) in [5, 5.41) is 4.11. The van der Waals surface area contributed by atoms with Crippen molar-refractivity contribution in [1.82, 2.24) is 15.2 Å². The Labute approximate surface area is 83.2 Å². The van der Waals surface area contributed by atoms with Crippen LogP contribution in [-0.4, -0.2) is 15.7 Å². The van der Waals surface area contributed by atoms with Crippen LogP contribution in [0.1, 0.15) is 25.5 Å². The van der Waals surface area contributed by atoms with Gasteiger partial charge in [-0.15, -0.1) is 0 Å². The maximum atomic E-state index is 11.5. The minimum absolute atomic E-state index is 0.151. The Morgan fingerprint density at radius 3 is 2.64 bits per heavy atom. The lowest BCUT2D eigenvalue weighted by Crippen LogP contribution is -2.39. The summed E-state index contributed by atoms with van der Waals surface area (Å²) in [6, 6.07) is -0.339. The van der Waals surface area contributed by atoms with Gasteiger partial charge in [0.25, 0.3) is 5.91 Å². The molecule has 1 rings (SSSR count). The number of carbonyl (C=O) groups excluding carboxylic acids is 1. The molecule has 1 amide bonds. The van der Waals surface area contributed by atoms with Gasteiger partial charge < -0.3 is 0 Å². The fourth-order valence-electron chi connectivity index (χ4n) is 1.40. The molecule has 0 aliphatic rings. The summed E-state index contributed by atoms with van der Waals surface area (Å²) in [5.74, 6) is 5.05. The Balaban J connectivity index is 2.94. The highest BCUT2D eigenvalue weighted by Crippen LogP contribution is 2.16. The highest BCUT2D eigenvalue weighted by molar-refractivity contribution is 5.79. The Bertz CT molecular complexity index is 318. The minimum atomic E-state index is -0.339. The van der Waals surface area contributed by atoms with E-state index in [-0.39, 0.29) is 17.9 Å². The zero-order chi connectivity index (χ0) is 10.7. The molecule has 5 heteroatoms. The van der Waals surface area contributed by atoms with Crippen LogP contribution >= 0.6 is 0 Å². The molecular weight excluding hydrogens is 180 g/mol. The lowest BCUT2D eigenvalue weighted by molar-refractivity contribution is -0.125. The van der Waals surface area contributed by atoms with Crippen LogP contribution in [0.15, 0.2) is 12.4 Å². The number of hydrogen-bond acceptors (Lipinski definition) is 3. The molecule has 0 aromatic carbocycles. The van der Waals surface area contributed by atoms with Crippen LogP contribution < -0.4 is 11.3 Å². The maximum Gasteiger partial charge on any atom is 0.258 e. The van der Waals surface area contributed by atoms with Gasteiger partial charge in [-0.25, -0.2) is 5.84 Å². The van der Waals surface area contributed by atoms with Crippen molar-refractivity contribution in [3.8, 4) is 0 Å². The highest BCUT2D eigenvalue weighted by Gasteiger charge is 2.23. The molecule has 0 fully saturated rings. The second kappa shape index (κ2) is 4.23. The lowest BCUT2D eigenvalue weighted by Gasteiger charge is -2.19. The van der Waals surface area contributed by atoms with Crippen molar-refractivity contribution >= 4 is 5.91 Å². The van der Waals surface area contributed by atoms with Gasteiger partial charge in [-0.05, 0) is 18.4 Å². The number of rotatable bonds is 3. The first-order chi connectivity index (χ1) is 6.56. The fourth-order valence-corrected chi connectivity index (χ4v) is 1.40. The van der Waals surface area contributed by atoms with Crippen LogP contribution in [0.2, 0.25) is 0 Å². The van der Waals surface area contributed by atoms with Crippen LogP contribution in [0.3, 0.4) is 0 Å². The van der Waals surface area contributed by atoms with Crippen LogP contribution in [0.4, 0.5) is 0 Å². The van der Waals surface area contributed by atoms with Crippen molar-refractivity contribution in [3.05, 3.63) is 18.0 Å². The minimum Gasteiger partial charge on any atom is -0.292 e. The van der Waals surface area contributed by atoms with Gasteiger partial charge in [0, 0.05) is 6.20 Å². The quantitative estimate of drug-likeness (QED) is 0.417. The summed E-state index contributed by atoms with van der Waals surface area (Å²) < 4.78 is 1.64. The number of nitrogens with one attached hydrogen (secondary N) is 1. The third kappa shape index (κ3) is 2.11. The first-order valence-corrected chi connectivity index (χ1v) is 4.57. The van der Waals surface area contributed by atoms with Crippen molar-refractivity contribution in [1.29, 1.82) is 0 Å². The molecule has 0 radical (unpaired) electrons. The number of hydrazine groups is 1. The average Bonchev–Trinajstić information content (AvgIpc) is 2.51. The molecule has 0 aliphatic carbocycles. The molecule has 0 bridgehead atoms. The van der Waals surface area contributed by atoms with E-state index in [1.165, 1.54) is 0 Å². The normalized spacial score (nSPS) is 12.9. The lowest BCUT2D eigenvalue weighted by atomic mass is 10.0. The van der Waals surface area contributed by atoms with Crippen LogP contribution in [0, 0.1) is 12.8 Å². The first-order valence-electron chi connectivity index (χ1n) is 4.57. The van der Waals surface area contributed by atoms with Gasteiger partial charge in [-0.1, -0.05) is 13.8 Å². The van der Waals surface area contributed by atoms with Gasteiger partial charge in [-0.3, -0.25) is 14.9 Å². The molecule has 0 saturated heterocycles. The van der Waals surface area contributed by atoms with E-state index in [1.54, 1.807) is 10.9 Å². The van der Waals surface area contributed by atoms with E-state index in [0.29, 0.717) is 0 Å². The number of hydrogen-bond donors (Lipinski definition) is 2. The van der Waals surface area contributed by atoms with Crippen LogP contribution in [-0.2, 0) is 4.79 Å². The largest absolute Gasteiger partial charge is 0.292 e. The predicted octanol–water partition coefficient (Wildman–Crippen LogP) is 0.379. The third-order valence-electron chi connectivity index (χ3n) is 2.06. The van der Waals surface area contributed by atoms with E-state index in [4.69, 9.17) is 5.84 Å². The molecule has 1 atom stereocenters. The number of amides is 1. The van der Waals surface area contributed by atoms with Crippen molar-refractivity contribution < 1.29 is 4.79 Å². The summed E-state index contributed by atoms with van der Waals surface area (Å²) >= 11 is 0. The molecule has 1 aromatic rings. The number of nitrogens with zero attached hydrogens (tertiary/aromatic N) is 2. The topological polar surface area (TPSA) is 72.9 Å². The first kappa shape index (κ1) is 10.7. The molecule has 1 aromatic heterocycles. The van der Waals surface area contributed by atoms with Crippen LogP contribution in [0.5, 0.6) is 0 Å². The van der Waals surface area contributed by atoms with E-state index >= 15 is 0 Å².